The van der Waals surface area contributed by atoms with Gasteiger partial charge in [-0.15, -0.1) is 0 Å². The van der Waals surface area contributed by atoms with Gasteiger partial charge in [-0.2, -0.15) is 4.72 Å². The van der Waals surface area contributed by atoms with Gasteiger partial charge >= 0.3 is 0 Å². The molecule has 0 aromatic heterocycles. The van der Waals surface area contributed by atoms with Gasteiger partial charge in [-0.05, 0) is 43.3 Å². The van der Waals surface area contributed by atoms with Crippen molar-refractivity contribution < 1.29 is 17.9 Å². The number of carbonyl (C=O) groups excluding carboxylic acids is 1. The highest BCUT2D eigenvalue weighted by Crippen LogP contribution is 2.27. The van der Waals surface area contributed by atoms with Crippen molar-refractivity contribution in [3.63, 3.8) is 0 Å². The third-order valence-electron chi connectivity index (χ3n) is 3.23. The molecule has 0 bridgehead atoms. The Morgan fingerprint density at radius 1 is 1.12 bits per heavy atom. The molecule has 0 heterocycles. The summed E-state index contributed by atoms with van der Waals surface area (Å²) in [7, 11) is -2.67. The average molecular weight is 403 g/mol. The number of sulfonamides is 1. The molecular weight excluding hydrogens is 387 g/mol. The Labute approximate surface area is 156 Å². The zero-order valence-corrected chi connectivity index (χ0v) is 15.7. The Hall–Kier alpha value is -1.80. The molecule has 0 aliphatic carbocycles. The number of ether oxygens (including phenoxy) is 1. The fraction of sp³-hybridized carbons (Fsp3) is 0.188. The summed E-state index contributed by atoms with van der Waals surface area (Å²) in [5, 5.41) is 3.28. The molecule has 0 unspecified atom stereocenters. The predicted molar refractivity (Wildman–Crippen MR) is 97.9 cm³/mol. The molecule has 2 N–H and O–H groups in total. The molecule has 1 atom stereocenters. The van der Waals surface area contributed by atoms with Crippen molar-refractivity contribution in [1.82, 2.24) is 4.72 Å². The fourth-order valence-corrected chi connectivity index (χ4v) is 3.85. The van der Waals surface area contributed by atoms with Crippen LogP contribution in [-0.4, -0.2) is 27.5 Å². The molecule has 0 spiro atoms. The summed E-state index contributed by atoms with van der Waals surface area (Å²) in [6, 6.07) is 9.70. The van der Waals surface area contributed by atoms with E-state index in [1.54, 1.807) is 24.3 Å². The number of carbonyl (C=O) groups is 1. The number of halogens is 2. The highest BCUT2D eigenvalue weighted by Gasteiger charge is 2.25. The first-order valence-electron chi connectivity index (χ1n) is 7.15. The van der Waals surface area contributed by atoms with E-state index in [0.717, 1.165) is 0 Å². The minimum atomic E-state index is -4.02. The monoisotopic (exact) mass is 402 g/mol. The number of hydrogen-bond acceptors (Lipinski definition) is 4. The second kappa shape index (κ2) is 8.05. The Morgan fingerprint density at radius 2 is 1.80 bits per heavy atom. The van der Waals surface area contributed by atoms with Gasteiger partial charge in [0.1, 0.15) is 10.6 Å². The number of methoxy groups -OCH3 is 1. The summed E-state index contributed by atoms with van der Waals surface area (Å²) in [4.78, 5) is 12.1. The molecule has 9 heteroatoms. The van der Waals surface area contributed by atoms with E-state index in [0.29, 0.717) is 10.7 Å². The van der Waals surface area contributed by atoms with Crippen molar-refractivity contribution in [1.29, 1.82) is 0 Å². The molecule has 0 radical (unpaired) electrons. The van der Waals surface area contributed by atoms with Crippen molar-refractivity contribution in [2.45, 2.75) is 17.9 Å². The van der Waals surface area contributed by atoms with Crippen LogP contribution in [0.15, 0.2) is 47.4 Å². The van der Waals surface area contributed by atoms with Gasteiger partial charge in [0.15, 0.2) is 0 Å². The Kier molecular flexibility index (Phi) is 6.29. The van der Waals surface area contributed by atoms with Crippen LogP contribution in [0.3, 0.4) is 0 Å². The SMILES string of the molecule is COc1ccc(Cl)cc1S(=O)(=O)N[C@H](C)C(=O)Nc1cccc(Cl)c1. The highest BCUT2D eigenvalue weighted by atomic mass is 35.5. The lowest BCUT2D eigenvalue weighted by Crippen LogP contribution is -2.41. The van der Waals surface area contributed by atoms with Crippen molar-refractivity contribution >= 4 is 44.8 Å². The zero-order chi connectivity index (χ0) is 18.6. The summed E-state index contributed by atoms with van der Waals surface area (Å²) in [5.41, 5.74) is 0.462. The van der Waals surface area contributed by atoms with E-state index < -0.39 is 22.0 Å². The van der Waals surface area contributed by atoms with Crippen molar-refractivity contribution in [3.8, 4) is 5.75 Å². The third-order valence-corrected chi connectivity index (χ3v) is 5.26. The van der Waals surface area contributed by atoms with E-state index in [4.69, 9.17) is 27.9 Å². The molecule has 0 aliphatic rings. The largest absolute Gasteiger partial charge is 0.495 e. The lowest BCUT2D eigenvalue weighted by Gasteiger charge is -2.16. The predicted octanol–water partition coefficient (Wildman–Crippen LogP) is 3.31. The number of benzene rings is 2. The maximum absolute atomic E-state index is 12.5. The second-order valence-corrected chi connectivity index (χ2v) is 7.69. The third kappa shape index (κ3) is 5.09. The van der Waals surface area contributed by atoms with Gasteiger partial charge in [0.05, 0.1) is 13.2 Å². The maximum atomic E-state index is 12.5. The Morgan fingerprint density at radius 3 is 2.44 bits per heavy atom. The number of nitrogens with one attached hydrogen (secondary N) is 2. The maximum Gasteiger partial charge on any atom is 0.245 e. The van der Waals surface area contributed by atoms with Crippen molar-refractivity contribution in [3.05, 3.63) is 52.5 Å². The van der Waals surface area contributed by atoms with Crippen LogP contribution in [0.5, 0.6) is 5.75 Å². The van der Waals surface area contributed by atoms with E-state index in [-0.39, 0.29) is 15.7 Å². The first kappa shape index (κ1) is 19.5. The zero-order valence-electron chi connectivity index (χ0n) is 13.4. The summed E-state index contributed by atoms with van der Waals surface area (Å²) < 4.78 is 32.4. The number of amides is 1. The molecule has 0 aliphatic heterocycles. The Bertz CT molecular complexity index is 887. The van der Waals surface area contributed by atoms with Crippen molar-refractivity contribution in [2.75, 3.05) is 12.4 Å². The number of anilines is 1. The summed E-state index contributed by atoms with van der Waals surface area (Å²) in [6.45, 7) is 1.43. The fourth-order valence-electron chi connectivity index (χ4n) is 2.03. The van der Waals surface area contributed by atoms with Crippen LogP contribution in [0.2, 0.25) is 10.0 Å². The molecule has 2 aromatic rings. The van der Waals surface area contributed by atoms with Gasteiger partial charge in [0, 0.05) is 15.7 Å². The lowest BCUT2D eigenvalue weighted by atomic mass is 10.3. The molecule has 0 saturated heterocycles. The Balaban J connectivity index is 2.17. The lowest BCUT2D eigenvalue weighted by molar-refractivity contribution is -0.117. The minimum absolute atomic E-state index is 0.124. The van der Waals surface area contributed by atoms with Crippen molar-refractivity contribution in [2.24, 2.45) is 0 Å². The van der Waals surface area contributed by atoms with Crippen LogP contribution in [0.25, 0.3) is 0 Å². The van der Waals surface area contributed by atoms with Gasteiger partial charge in [-0.1, -0.05) is 29.3 Å². The van der Waals surface area contributed by atoms with Crippen LogP contribution in [0, 0.1) is 0 Å². The second-order valence-electron chi connectivity index (χ2n) is 5.14. The van der Waals surface area contributed by atoms with Crippen LogP contribution >= 0.6 is 23.2 Å². The molecule has 2 aromatic carbocycles. The van der Waals surface area contributed by atoms with Gasteiger partial charge in [-0.3, -0.25) is 4.79 Å². The molecule has 2 rings (SSSR count). The normalized spacial score (nSPS) is 12.5. The molecular formula is C16H16Cl2N2O4S. The van der Waals surface area contributed by atoms with Gasteiger partial charge in [-0.25, -0.2) is 8.42 Å². The van der Waals surface area contributed by atoms with Crippen LogP contribution in [0.4, 0.5) is 5.69 Å². The van der Waals surface area contributed by atoms with Gasteiger partial charge in [0.25, 0.3) is 0 Å². The first-order valence-corrected chi connectivity index (χ1v) is 9.39. The smallest absolute Gasteiger partial charge is 0.245 e. The summed E-state index contributed by atoms with van der Waals surface area (Å²) in [5.74, 6) is -0.411. The van der Waals surface area contributed by atoms with E-state index >= 15 is 0 Å². The molecule has 0 saturated carbocycles. The van der Waals surface area contributed by atoms with Crippen LogP contribution in [0.1, 0.15) is 6.92 Å². The van der Waals surface area contributed by atoms with E-state index in [2.05, 4.69) is 10.0 Å². The molecule has 134 valence electrons. The summed E-state index contributed by atoms with van der Waals surface area (Å²) in [6.07, 6.45) is 0. The van der Waals surface area contributed by atoms with Crippen LogP contribution < -0.4 is 14.8 Å². The molecule has 25 heavy (non-hydrogen) atoms. The number of rotatable bonds is 6. The number of hydrogen-bond donors (Lipinski definition) is 2. The molecule has 0 fully saturated rings. The van der Waals surface area contributed by atoms with E-state index in [1.165, 1.54) is 32.2 Å². The van der Waals surface area contributed by atoms with Gasteiger partial charge < -0.3 is 10.1 Å². The standard InChI is InChI=1S/C16H16Cl2N2O4S/c1-10(16(21)19-13-5-3-4-11(17)8-13)20-25(22,23)15-9-12(18)6-7-14(15)24-2/h3-10,20H,1-2H3,(H,19,21)/t10-/m1/s1. The van der Waals surface area contributed by atoms with Gasteiger partial charge in [0.2, 0.25) is 15.9 Å². The summed E-state index contributed by atoms with van der Waals surface area (Å²) >= 11 is 11.7. The van der Waals surface area contributed by atoms with E-state index in [9.17, 15) is 13.2 Å². The minimum Gasteiger partial charge on any atom is -0.495 e. The average Bonchev–Trinajstić information content (AvgIpc) is 2.54. The first-order chi connectivity index (χ1) is 11.7. The topological polar surface area (TPSA) is 84.5 Å². The molecule has 6 nitrogen and oxygen atoms in total. The highest BCUT2D eigenvalue weighted by molar-refractivity contribution is 7.89. The molecule has 1 amide bonds. The quantitative estimate of drug-likeness (QED) is 0.775. The van der Waals surface area contributed by atoms with E-state index in [1.807, 2.05) is 0 Å². The van der Waals surface area contributed by atoms with Crippen LogP contribution in [-0.2, 0) is 14.8 Å².